The first-order chi connectivity index (χ1) is 11.2. The van der Waals surface area contributed by atoms with Gasteiger partial charge in [-0.3, -0.25) is 4.99 Å². The molecule has 1 aliphatic heterocycles. The van der Waals surface area contributed by atoms with Crippen LogP contribution in [0.15, 0.2) is 58.5 Å². The Hall–Kier alpha value is -3.24. The molecule has 0 spiro atoms. The number of aliphatic imine (C=N–C) groups is 2. The van der Waals surface area contributed by atoms with Gasteiger partial charge in [-0.1, -0.05) is 24.3 Å². The van der Waals surface area contributed by atoms with Crippen molar-refractivity contribution in [2.24, 2.45) is 9.98 Å². The van der Waals surface area contributed by atoms with Crippen molar-refractivity contribution < 1.29 is 0 Å². The maximum atomic E-state index is 8.88. The van der Waals surface area contributed by atoms with Crippen LogP contribution in [0.2, 0.25) is 0 Å². The third-order valence-corrected chi connectivity index (χ3v) is 3.88. The van der Waals surface area contributed by atoms with Gasteiger partial charge in [0.25, 0.3) is 0 Å². The lowest BCUT2D eigenvalue weighted by molar-refractivity contribution is 0.583. The second kappa shape index (κ2) is 6.25. The Balaban J connectivity index is 1.82. The summed E-state index contributed by atoms with van der Waals surface area (Å²) >= 11 is 0. The lowest BCUT2D eigenvalue weighted by Crippen LogP contribution is -2.32. The lowest BCUT2D eigenvalue weighted by atomic mass is 9.86. The van der Waals surface area contributed by atoms with E-state index in [4.69, 9.17) is 10.5 Å². The number of nitriles is 2. The van der Waals surface area contributed by atoms with Crippen LogP contribution >= 0.6 is 0 Å². The zero-order chi connectivity index (χ0) is 16.1. The second-order valence-corrected chi connectivity index (χ2v) is 5.60. The van der Waals surface area contributed by atoms with Crippen molar-refractivity contribution in [1.29, 1.82) is 10.5 Å². The minimum absolute atomic E-state index is 0.400. The molecule has 0 N–H and O–H groups in total. The smallest absolute Gasteiger partial charge is 0.110 e. The quantitative estimate of drug-likeness (QED) is 0.870. The normalized spacial score (nSPS) is 14.3. The van der Waals surface area contributed by atoms with Gasteiger partial charge >= 0.3 is 0 Å². The second-order valence-electron chi connectivity index (χ2n) is 5.60. The molecule has 110 valence electrons. The van der Waals surface area contributed by atoms with Crippen LogP contribution in [0.1, 0.15) is 22.3 Å². The molecule has 4 heteroatoms. The molecule has 1 aliphatic rings. The standard InChI is InChI=1S/C19H14N4/c20-11-17-5-1-15(2-6-17)9-19(13-22-14-23-19)10-16-3-7-18(12-21)8-4-16/h1-8,13-14H,9-10H2. The van der Waals surface area contributed by atoms with E-state index in [2.05, 4.69) is 22.1 Å². The molecule has 0 fully saturated rings. The first-order valence-electron chi connectivity index (χ1n) is 7.29. The summed E-state index contributed by atoms with van der Waals surface area (Å²) in [6, 6.07) is 19.4. The Morgan fingerprint density at radius 3 is 1.61 bits per heavy atom. The van der Waals surface area contributed by atoms with Gasteiger partial charge in [0.2, 0.25) is 0 Å². The van der Waals surface area contributed by atoms with Crippen molar-refractivity contribution in [2.75, 3.05) is 0 Å². The minimum atomic E-state index is -0.400. The van der Waals surface area contributed by atoms with Gasteiger partial charge in [0.15, 0.2) is 0 Å². The summed E-state index contributed by atoms with van der Waals surface area (Å²) in [5, 5.41) is 17.8. The zero-order valence-corrected chi connectivity index (χ0v) is 12.5. The predicted octanol–water partition coefficient (Wildman–Crippen LogP) is 3.07. The molecule has 3 rings (SSSR count). The Bertz CT molecular complexity index is 757. The summed E-state index contributed by atoms with van der Waals surface area (Å²) in [6.45, 7) is 0. The van der Waals surface area contributed by atoms with Crippen molar-refractivity contribution in [1.82, 2.24) is 0 Å². The SMILES string of the molecule is N#Cc1ccc(CC2(Cc3ccc(C#N)cc3)C=NC=N2)cc1. The molecule has 2 aromatic rings. The highest BCUT2D eigenvalue weighted by Crippen LogP contribution is 2.24. The van der Waals surface area contributed by atoms with Crippen molar-refractivity contribution in [3.63, 3.8) is 0 Å². The highest BCUT2D eigenvalue weighted by molar-refractivity contribution is 5.86. The molecule has 1 heterocycles. The van der Waals surface area contributed by atoms with E-state index in [-0.39, 0.29) is 0 Å². The molecular formula is C19H14N4. The van der Waals surface area contributed by atoms with E-state index in [0.717, 1.165) is 24.0 Å². The molecule has 0 aromatic heterocycles. The topological polar surface area (TPSA) is 72.3 Å². The van der Waals surface area contributed by atoms with Crippen LogP contribution in [0.25, 0.3) is 0 Å². The summed E-state index contributed by atoms with van der Waals surface area (Å²) in [7, 11) is 0. The molecule has 0 unspecified atom stereocenters. The van der Waals surface area contributed by atoms with Crippen molar-refractivity contribution in [2.45, 2.75) is 18.4 Å². The van der Waals surface area contributed by atoms with Gasteiger partial charge in [-0.05, 0) is 35.4 Å². The highest BCUT2D eigenvalue weighted by atomic mass is 15.0. The Kier molecular flexibility index (Phi) is 3.99. The minimum Gasteiger partial charge on any atom is -0.260 e. The largest absolute Gasteiger partial charge is 0.260 e. The monoisotopic (exact) mass is 298 g/mol. The van der Waals surface area contributed by atoms with Gasteiger partial charge in [-0.2, -0.15) is 10.5 Å². The van der Waals surface area contributed by atoms with Gasteiger partial charge in [-0.25, -0.2) is 4.99 Å². The van der Waals surface area contributed by atoms with Crippen LogP contribution < -0.4 is 0 Å². The van der Waals surface area contributed by atoms with Crippen LogP contribution in [0, 0.1) is 22.7 Å². The molecule has 0 radical (unpaired) electrons. The van der Waals surface area contributed by atoms with E-state index < -0.39 is 5.54 Å². The van der Waals surface area contributed by atoms with Gasteiger partial charge in [0.05, 0.1) is 23.3 Å². The van der Waals surface area contributed by atoms with Crippen LogP contribution in [0.5, 0.6) is 0 Å². The average Bonchev–Trinajstić information content (AvgIpc) is 3.04. The molecule has 2 aromatic carbocycles. The Morgan fingerprint density at radius 1 is 0.783 bits per heavy atom. The van der Waals surface area contributed by atoms with Gasteiger partial charge < -0.3 is 0 Å². The van der Waals surface area contributed by atoms with E-state index >= 15 is 0 Å². The van der Waals surface area contributed by atoms with Crippen molar-refractivity contribution in [3.8, 4) is 12.1 Å². The van der Waals surface area contributed by atoms with E-state index in [9.17, 15) is 0 Å². The third kappa shape index (κ3) is 3.33. The van der Waals surface area contributed by atoms with Crippen molar-refractivity contribution in [3.05, 3.63) is 70.8 Å². The van der Waals surface area contributed by atoms with Crippen LogP contribution in [-0.2, 0) is 12.8 Å². The number of hydrogen-bond acceptors (Lipinski definition) is 4. The fourth-order valence-corrected chi connectivity index (χ4v) is 2.70. The van der Waals surface area contributed by atoms with E-state index in [1.165, 1.54) is 0 Å². The highest BCUT2D eigenvalue weighted by Gasteiger charge is 2.30. The molecule has 0 saturated heterocycles. The summed E-state index contributed by atoms with van der Waals surface area (Å²) < 4.78 is 0. The Labute approximate surface area is 135 Å². The average molecular weight is 298 g/mol. The fraction of sp³-hybridized carbons (Fsp3) is 0.158. The molecule has 4 nitrogen and oxygen atoms in total. The van der Waals surface area contributed by atoms with E-state index in [0.29, 0.717) is 11.1 Å². The fourth-order valence-electron chi connectivity index (χ4n) is 2.70. The first kappa shape index (κ1) is 14.7. The number of hydrogen-bond donors (Lipinski definition) is 0. The Morgan fingerprint density at radius 2 is 1.26 bits per heavy atom. The third-order valence-electron chi connectivity index (χ3n) is 3.88. The lowest BCUT2D eigenvalue weighted by Gasteiger charge is -2.23. The van der Waals surface area contributed by atoms with Crippen LogP contribution in [0.3, 0.4) is 0 Å². The molecule has 23 heavy (non-hydrogen) atoms. The molecule has 0 atom stereocenters. The van der Waals surface area contributed by atoms with Gasteiger partial charge in [-0.15, -0.1) is 0 Å². The summed E-state index contributed by atoms with van der Waals surface area (Å²) in [5.41, 5.74) is 3.13. The molecule has 0 saturated carbocycles. The van der Waals surface area contributed by atoms with Gasteiger partial charge in [0.1, 0.15) is 11.9 Å². The van der Waals surface area contributed by atoms with Gasteiger partial charge in [0, 0.05) is 19.1 Å². The molecular weight excluding hydrogens is 284 g/mol. The number of nitrogens with zero attached hydrogens (tertiary/aromatic N) is 4. The van der Waals surface area contributed by atoms with Crippen LogP contribution in [0.4, 0.5) is 0 Å². The maximum absolute atomic E-state index is 8.88. The maximum Gasteiger partial charge on any atom is 0.110 e. The van der Waals surface area contributed by atoms with E-state index in [1.807, 2.05) is 54.7 Å². The number of benzene rings is 2. The molecule has 0 amide bonds. The molecule has 0 aliphatic carbocycles. The summed E-state index contributed by atoms with van der Waals surface area (Å²) in [6.07, 6.45) is 4.91. The summed E-state index contributed by atoms with van der Waals surface area (Å²) in [4.78, 5) is 8.74. The van der Waals surface area contributed by atoms with Crippen LogP contribution in [-0.4, -0.2) is 18.1 Å². The van der Waals surface area contributed by atoms with E-state index in [1.54, 1.807) is 6.34 Å². The van der Waals surface area contributed by atoms with Crippen molar-refractivity contribution >= 4 is 12.6 Å². The first-order valence-corrected chi connectivity index (χ1v) is 7.29. The zero-order valence-electron chi connectivity index (χ0n) is 12.5. The number of rotatable bonds is 4. The molecule has 0 bridgehead atoms. The predicted molar refractivity (Wildman–Crippen MR) is 89.4 cm³/mol. The summed E-state index contributed by atoms with van der Waals surface area (Å²) in [5.74, 6) is 0.